The van der Waals surface area contributed by atoms with Crippen molar-refractivity contribution in [3.63, 3.8) is 0 Å². The number of nitrogens with one attached hydrogen (secondary N) is 1. The molecular formula is C18H19ClN2O3. The first-order valence-electron chi connectivity index (χ1n) is 7.94. The summed E-state index contributed by atoms with van der Waals surface area (Å²) in [6, 6.07) is 10.3. The minimum Gasteiger partial charge on any atom is -0.493 e. The Morgan fingerprint density at radius 3 is 2.71 bits per heavy atom. The third-order valence-corrected chi connectivity index (χ3v) is 4.18. The van der Waals surface area contributed by atoms with E-state index in [4.69, 9.17) is 21.1 Å². The zero-order valence-corrected chi connectivity index (χ0v) is 14.2. The zero-order chi connectivity index (χ0) is 16.9. The molecule has 1 heterocycles. The molecule has 1 fully saturated rings. The number of anilines is 1. The van der Waals surface area contributed by atoms with Crippen LogP contribution in [0.3, 0.4) is 0 Å². The van der Waals surface area contributed by atoms with Gasteiger partial charge in [0.2, 0.25) is 0 Å². The Morgan fingerprint density at radius 2 is 2.00 bits per heavy atom. The fourth-order valence-electron chi connectivity index (χ4n) is 2.76. The quantitative estimate of drug-likeness (QED) is 0.819. The number of pyridine rings is 1. The molecule has 1 aliphatic rings. The normalized spacial score (nSPS) is 14.4. The number of aromatic nitrogens is 1. The van der Waals surface area contributed by atoms with Crippen molar-refractivity contribution in [3.8, 4) is 11.5 Å². The van der Waals surface area contributed by atoms with Crippen molar-refractivity contribution in [2.45, 2.75) is 31.8 Å². The van der Waals surface area contributed by atoms with Crippen molar-refractivity contribution in [1.29, 1.82) is 0 Å². The van der Waals surface area contributed by atoms with E-state index < -0.39 is 0 Å². The molecule has 5 nitrogen and oxygen atoms in total. The molecule has 1 amide bonds. The number of carbonyl (C=O) groups excluding carboxylic acids is 1. The van der Waals surface area contributed by atoms with Gasteiger partial charge in [-0.15, -0.1) is 0 Å². The average Bonchev–Trinajstić information content (AvgIpc) is 3.08. The van der Waals surface area contributed by atoms with E-state index in [1.165, 1.54) is 12.8 Å². The molecular weight excluding hydrogens is 328 g/mol. The number of hydrogen-bond donors (Lipinski definition) is 1. The van der Waals surface area contributed by atoms with Gasteiger partial charge in [0.15, 0.2) is 11.5 Å². The van der Waals surface area contributed by atoms with Crippen LogP contribution >= 0.6 is 11.6 Å². The van der Waals surface area contributed by atoms with Crippen LogP contribution in [0, 0.1) is 0 Å². The Labute approximate surface area is 145 Å². The summed E-state index contributed by atoms with van der Waals surface area (Å²) in [5, 5.41) is 3.09. The summed E-state index contributed by atoms with van der Waals surface area (Å²) in [5.74, 6) is 0.969. The van der Waals surface area contributed by atoms with Gasteiger partial charge >= 0.3 is 0 Å². The van der Waals surface area contributed by atoms with Crippen molar-refractivity contribution in [2.75, 3.05) is 12.4 Å². The standard InChI is InChI=1S/C18H19ClN2O3/c1-23-15-10-9-12(11-16(15)24-13-5-2-3-6-13)20-18(22)14-7-4-8-17(19)21-14/h4,7-11,13H,2-3,5-6H2,1H3,(H,20,22). The van der Waals surface area contributed by atoms with Crippen LogP contribution in [0.5, 0.6) is 11.5 Å². The van der Waals surface area contributed by atoms with Crippen LogP contribution < -0.4 is 14.8 Å². The van der Waals surface area contributed by atoms with Gasteiger partial charge < -0.3 is 14.8 Å². The SMILES string of the molecule is COc1ccc(NC(=O)c2cccc(Cl)n2)cc1OC1CCCC1. The Morgan fingerprint density at radius 1 is 1.21 bits per heavy atom. The van der Waals surface area contributed by atoms with E-state index in [-0.39, 0.29) is 22.9 Å². The highest BCUT2D eigenvalue weighted by atomic mass is 35.5. The molecule has 6 heteroatoms. The number of ether oxygens (including phenoxy) is 2. The maximum Gasteiger partial charge on any atom is 0.274 e. The topological polar surface area (TPSA) is 60.5 Å². The van der Waals surface area contributed by atoms with Crippen molar-refractivity contribution in [3.05, 3.63) is 47.2 Å². The number of amides is 1. The van der Waals surface area contributed by atoms with E-state index in [1.54, 1.807) is 43.5 Å². The van der Waals surface area contributed by atoms with Crippen LogP contribution in [0.25, 0.3) is 0 Å². The molecule has 0 aliphatic heterocycles. The summed E-state index contributed by atoms with van der Waals surface area (Å²) in [5.41, 5.74) is 0.882. The second-order valence-corrected chi connectivity index (χ2v) is 6.08. The maximum absolute atomic E-state index is 12.3. The van der Waals surface area contributed by atoms with Gasteiger partial charge in [0.1, 0.15) is 10.8 Å². The zero-order valence-electron chi connectivity index (χ0n) is 13.4. The molecule has 126 valence electrons. The minimum absolute atomic E-state index is 0.208. The lowest BCUT2D eigenvalue weighted by Gasteiger charge is -2.17. The second kappa shape index (κ2) is 7.53. The molecule has 1 aromatic carbocycles. The molecule has 0 atom stereocenters. The number of rotatable bonds is 5. The van der Waals surface area contributed by atoms with Gasteiger partial charge in [-0.05, 0) is 49.9 Å². The van der Waals surface area contributed by atoms with E-state index in [0.717, 1.165) is 12.8 Å². The summed E-state index contributed by atoms with van der Waals surface area (Å²) < 4.78 is 11.4. The van der Waals surface area contributed by atoms with E-state index in [0.29, 0.717) is 17.2 Å². The molecule has 0 bridgehead atoms. The van der Waals surface area contributed by atoms with Gasteiger partial charge in [-0.25, -0.2) is 4.98 Å². The highest BCUT2D eigenvalue weighted by Gasteiger charge is 2.19. The van der Waals surface area contributed by atoms with Gasteiger partial charge in [0.05, 0.1) is 13.2 Å². The predicted molar refractivity (Wildman–Crippen MR) is 93.1 cm³/mol. The van der Waals surface area contributed by atoms with Crippen LogP contribution in [-0.4, -0.2) is 24.1 Å². The lowest BCUT2D eigenvalue weighted by Crippen LogP contribution is -2.15. The lowest BCUT2D eigenvalue weighted by molar-refractivity contribution is 0.102. The minimum atomic E-state index is -0.325. The molecule has 1 saturated carbocycles. The van der Waals surface area contributed by atoms with E-state index in [9.17, 15) is 4.79 Å². The Balaban J connectivity index is 1.76. The van der Waals surface area contributed by atoms with E-state index >= 15 is 0 Å². The van der Waals surface area contributed by atoms with Crippen LogP contribution in [0.2, 0.25) is 5.15 Å². The van der Waals surface area contributed by atoms with Gasteiger partial charge in [-0.1, -0.05) is 17.7 Å². The van der Waals surface area contributed by atoms with Crippen molar-refractivity contribution < 1.29 is 14.3 Å². The van der Waals surface area contributed by atoms with Crippen LogP contribution in [0.1, 0.15) is 36.2 Å². The fourth-order valence-corrected chi connectivity index (χ4v) is 2.93. The molecule has 3 rings (SSSR count). The number of methoxy groups -OCH3 is 1. The monoisotopic (exact) mass is 346 g/mol. The summed E-state index contributed by atoms with van der Waals surface area (Å²) >= 11 is 5.82. The average molecular weight is 347 g/mol. The summed E-state index contributed by atoms with van der Waals surface area (Å²) in [6.07, 6.45) is 4.67. The molecule has 0 radical (unpaired) electrons. The first kappa shape index (κ1) is 16.6. The van der Waals surface area contributed by atoms with Crippen LogP contribution in [0.15, 0.2) is 36.4 Å². The summed E-state index contributed by atoms with van der Waals surface area (Å²) in [6.45, 7) is 0. The van der Waals surface area contributed by atoms with Gasteiger partial charge in [0, 0.05) is 11.8 Å². The highest BCUT2D eigenvalue weighted by Crippen LogP contribution is 2.34. The molecule has 1 aromatic heterocycles. The number of carbonyl (C=O) groups is 1. The first-order valence-corrected chi connectivity index (χ1v) is 8.32. The molecule has 0 saturated heterocycles. The number of benzene rings is 1. The predicted octanol–water partition coefficient (Wildman–Crippen LogP) is 4.32. The number of nitrogens with zero attached hydrogens (tertiary/aromatic N) is 1. The maximum atomic E-state index is 12.3. The van der Waals surface area contributed by atoms with Crippen LogP contribution in [-0.2, 0) is 0 Å². The fraction of sp³-hybridized carbons (Fsp3) is 0.333. The largest absolute Gasteiger partial charge is 0.493 e. The molecule has 0 unspecified atom stereocenters. The smallest absolute Gasteiger partial charge is 0.274 e. The van der Waals surface area contributed by atoms with Gasteiger partial charge in [-0.2, -0.15) is 0 Å². The molecule has 1 N–H and O–H groups in total. The van der Waals surface area contributed by atoms with Crippen molar-refractivity contribution in [2.24, 2.45) is 0 Å². The second-order valence-electron chi connectivity index (χ2n) is 5.69. The molecule has 2 aromatic rings. The third-order valence-electron chi connectivity index (χ3n) is 3.97. The number of halogens is 1. The Kier molecular flexibility index (Phi) is 5.20. The lowest BCUT2D eigenvalue weighted by atomic mass is 10.2. The molecule has 24 heavy (non-hydrogen) atoms. The van der Waals surface area contributed by atoms with Crippen molar-refractivity contribution >= 4 is 23.2 Å². The molecule has 0 spiro atoms. The summed E-state index contributed by atoms with van der Waals surface area (Å²) in [4.78, 5) is 16.3. The van der Waals surface area contributed by atoms with Crippen molar-refractivity contribution in [1.82, 2.24) is 4.98 Å². The van der Waals surface area contributed by atoms with Gasteiger partial charge in [-0.3, -0.25) is 4.79 Å². The third kappa shape index (κ3) is 3.97. The van der Waals surface area contributed by atoms with E-state index in [1.807, 2.05) is 0 Å². The first-order chi connectivity index (χ1) is 11.7. The Hall–Kier alpha value is -2.27. The van der Waals surface area contributed by atoms with Crippen LogP contribution in [0.4, 0.5) is 5.69 Å². The Bertz CT molecular complexity index is 730. The molecule has 1 aliphatic carbocycles. The van der Waals surface area contributed by atoms with E-state index in [2.05, 4.69) is 10.3 Å². The van der Waals surface area contributed by atoms with Gasteiger partial charge in [0.25, 0.3) is 5.91 Å². The number of hydrogen-bond acceptors (Lipinski definition) is 4. The highest BCUT2D eigenvalue weighted by molar-refractivity contribution is 6.29. The summed E-state index contributed by atoms with van der Waals surface area (Å²) in [7, 11) is 1.60.